The number of hydrogen-bond acceptors (Lipinski definition) is 5. The van der Waals surface area contributed by atoms with Gasteiger partial charge in [0.25, 0.3) is 0 Å². The van der Waals surface area contributed by atoms with Crippen LogP contribution >= 0.6 is 34.8 Å². The Bertz CT molecular complexity index is 735. The molecule has 0 aromatic heterocycles. The molecule has 0 spiro atoms. The molecule has 0 aliphatic carbocycles. The predicted octanol–water partition coefficient (Wildman–Crippen LogP) is 5.17. The van der Waals surface area contributed by atoms with Gasteiger partial charge in [0, 0.05) is 10.8 Å². The summed E-state index contributed by atoms with van der Waals surface area (Å²) in [6, 6.07) is 7.94. The fraction of sp³-hybridized carbons (Fsp3) is 0.471. The van der Waals surface area contributed by atoms with Crippen LogP contribution in [0.15, 0.2) is 47.8 Å². The average Bonchev–Trinajstić information content (AvgIpc) is 2.91. The first kappa shape index (κ1) is 21.7. The number of carbonyl (C=O) groups excluding carboxylic acids is 1. The number of benzene rings is 1. The van der Waals surface area contributed by atoms with Crippen LogP contribution in [0.25, 0.3) is 10.4 Å². The van der Waals surface area contributed by atoms with E-state index in [0.717, 1.165) is 0 Å². The molecule has 7 nitrogen and oxygen atoms in total. The predicted molar refractivity (Wildman–Crippen MR) is 103 cm³/mol. The summed E-state index contributed by atoms with van der Waals surface area (Å²) in [5, 5.41) is 3.65. The minimum atomic E-state index is -1.88. The van der Waals surface area contributed by atoms with Gasteiger partial charge in [-0.15, -0.1) is 0 Å². The van der Waals surface area contributed by atoms with Gasteiger partial charge in [0.1, 0.15) is 5.76 Å². The second-order valence-electron chi connectivity index (χ2n) is 6.05. The van der Waals surface area contributed by atoms with Crippen molar-refractivity contribution in [2.24, 2.45) is 11.0 Å². The monoisotopic (exact) mass is 433 g/mol. The van der Waals surface area contributed by atoms with Crippen molar-refractivity contribution in [2.45, 2.75) is 42.2 Å². The maximum atomic E-state index is 12.5. The molecule has 1 aromatic carbocycles. The molecule has 0 radical (unpaired) electrons. The van der Waals surface area contributed by atoms with Gasteiger partial charge in [0.15, 0.2) is 6.10 Å². The molecule has 2 rings (SSSR count). The van der Waals surface area contributed by atoms with Crippen LogP contribution in [-0.4, -0.2) is 34.3 Å². The Balaban J connectivity index is 2.23. The van der Waals surface area contributed by atoms with Gasteiger partial charge in [-0.05, 0) is 17.7 Å². The molecule has 146 valence electrons. The smallest absolute Gasteiger partial charge is 0.338 e. The molecule has 1 unspecified atom stereocenters. The van der Waals surface area contributed by atoms with Crippen molar-refractivity contribution in [3.05, 3.63) is 58.7 Å². The number of azide groups is 1. The van der Waals surface area contributed by atoms with Crippen LogP contribution in [0.1, 0.15) is 24.2 Å². The molecular formula is C17H18Cl3N3O4. The Hall–Kier alpha value is -1.63. The maximum absolute atomic E-state index is 12.5. The molecular weight excluding hydrogens is 417 g/mol. The van der Waals surface area contributed by atoms with Crippen molar-refractivity contribution in [3.8, 4) is 0 Å². The van der Waals surface area contributed by atoms with Gasteiger partial charge in [-0.3, -0.25) is 0 Å². The first-order valence-electron chi connectivity index (χ1n) is 8.03. The van der Waals surface area contributed by atoms with E-state index in [0.29, 0.717) is 5.56 Å². The SMILES string of the molecule is C=C(O[C@@H]1O[C@H]([C@H](C)N=[N+]=[N-])C(C)[C@@H]1OC(=O)c1ccccc1)C(Cl)(Cl)Cl. The highest BCUT2D eigenvalue weighted by Gasteiger charge is 2.49. The normalized spacial score (nSPS) is 26.0. The van der Waals surface area contributed by atoms with Crippen LogP contribution in [-0.2, 0) is 14.2 Å². The van der Waals surface area contributed by atoms with E-state index in [1.165, 1.54) is 0 Å². The minimum absolute atomic E-state index is 0.178. The molecule has 1 fully saturated rings. The molecule has 10 heteroatoms. The Kier molecular flexibility index (Phi) is 7.25. The second kappa shape index (κ2) is 9.04. The fourth-order valence-electron chi connectivity index (χ4n) is 2.72. The molecule has 1 heterocycles. The largest absolute Gasteiger partial charge is 0.461 e. The number of alkyl halides is 3. The molecule has 1 aromatic rings. The van der Waals surface area contributed by atoms with E-state index in [2.05, 4.69) is 16.6 Å². The number of ether oxygens (including phenoxy) is 3. The Morgan fingerprint density at radius 2 is 1.96 bits per heavy atom. The first-order chi connectivity index (χ1) is 12.6. The number of allylic oxidation sites excluding steroid dienone is 1. The van der Waals surface area contributed by atoms with Gasteiger partial charge in [-0.25, -0.2) is 4.79 Å². The highest BCUT2D eigenvalue weighted by molar-refractivity contribution is 6.69. The Labute approximate surface area is 171 Å². The summed E-state index contributed by atoms with van der Waals surface area (Å²) in [6.45, 7) is 7.05. The van der Waals surface area contributed by atoms with Gasteiger partial charge in [0.2, 0.25) is 10.1 Å². The molecule has 0 bridgehead atoms. The standard InChI is InChI=1S/C17H18Cl3N3O4/c1-9-13(10(2)22-23-21)27-16(25-11(3)17(18,19)20)14(9)26-15(24)12-7-5-4-6-8-12/h4-10,13-14,16H,3H2,1-2H3/t9?,10-,13-,14-,16+/m0/s1. The number of halogens is 3. The molecule has 0 amide bonds. The summed E-state index contributed by atoms with van der Waals surface area (Å²) in [4.78, 5) is 15.2. The number of rotatable bonds is 6. The van der Waals surface area contributed by atoms with Gasteiger partial charge in [0.05, 0.1) is 17.7 Å². The van der Waals surface area contributed by atoms with Gasteiger partial charge in [-0.1, -0.05) is 78.5 Å². The molecule has 1 aliphatic rings. The summed E-state index contributed by atoms with van der Waals surface area (Å²) in [5.74, 6) is -1.09. The lowest BCUT2D eigenvalue weighted by Crippen LogP contribution is -2.35. The molecule has 0 N–H and O–H groups in total. The molecule has 1 aliphatic heterocycles. The summed E-state index contributed by atoms with van der Waals surface area (Å²) in [7, 11) is 0. The van der Waals surface area contributed by atoms with Crippen LogP contribution < -0.4 is 0 Å². The summed E-state index contributed by atoms with van der Waals surface area (Å²) in [5.41, 5.74) is 9.05. The van der Waals surface area contributed by atoms with Crippen LogP contribution in [0.2, 0.25) is 0 Å². The van der Waals surface area contributed by atoms with Gasteiger partial charge in [-0.2, -0.15) is 0 Å². The average molecular weight is 435 g/mol. The third-order valence-electron chi connectivity index (χ3n) is 4.13. The third-order valence-corrected chi connectivity index (χ3v) is 4.76. The molecule has 27 heavy (non-hydrogen) atoms. The number of carbonyl (C=O) groups is 1. The fourth-order valence-corrected chi connectivity index (χ4v) is 2.86. The van der Waals surface area contributed by atoms with Crippen molar-refractivity contribution in [3.63, 3.8) is 0 Å². The summed E-state index contributed by atoms with van der Waals surface area (Å²) >= 11 is 17.3. The Morgan fingerprint density at radius 3 is 2.52 bits per heavy atom. The van der Waals surface area contributed by atoms with Gasteiger partial charge >= 0.3 is 5.97 Å². The first-order valence-corrected chi connectivity index (χ1v) is 9.17. The van der Waals surface area contributed by atoms with Crippen LogP contribution in [0.3, 0.4) is 0 Å². The van der Waals surface area contributed by atoms with Crippen molar-refractivity contribution < 1.29 is 19.0 Å². The van der Waals surface area contributed by atoms with Crippen molar-refractivity contribution >= 4 is 40.8 Å². The second-order valence-corrected chi connectivity index (χ2v) is 8.33. The quantitative estimate of drug-likeness (QED) is 0.154. The zero-order chi connectivity index (χ0) is 20.2. The summed E-state index contributed by atoms with van der Waals surface area (Å²) < 4.78 is 15.1. The van der Waals surface area contributed by atoms with E-state index < -0.39 is 34.3 Å². The number of esters is 1. The topological polar surface area (TPSA) is 93.5 Å². The van der Waals surface area contributed by atoms with E-state index in [1.807, 2.05) is 0 Å². The van der Waals surface area contributed by atoms with Gasteiger partial charge < -0.3 is 14.2 Å². The van der Waals surface area contributed by atoms with Crippen LogP contribution in [0.4, 0.5) is 0 Å². The summed E-state index contributed by atoms with van der Waals surface area (Å²) in [6.07, 6.45) is -2.47. The lowest BCUT2D eigenvalue weighted by Gasteiger charge is -2.25. The molecule has 1 saturated heterocycles. The van der Waals surface area contributed by atoms with Crippen molar-refractivity contribution in [1.82, 2.24) is 0 Å². The number of hydrogen-bond donors (Lipinski definition) is 0. The van der Waals surface area contributed by atoms with E-state index in [1.54, 1.807) is 44.2 Å². The molecule has 5 atom stereocenters. The minimum Gasteiger partial charge on any atom is -0.461 e. The van der Waals surface area contributed by atoms with Crippen LogP contribution in [0.5, 0.6) is 0 Å². The number of nitrogens with zero attached hydrogens (tertiary/aromatic N) is 3. The van der Waals surface area contributed by atoms with Crippen LogP contribution in [0, 0.1) is 5.92 Å². The molecule has 0 saturated carbocycles. The highest BCUT2D eigenvalue weighted by Crippen LogP contribution is 2.39. The lowest BCUT2D eigenvalue weighted by molar-refractivity contribution is -0.146. The zero-order valence-corrected chi connectivity index (χ0v) is 16.9. The van der Waals surface area contributed by atoms with E-state index in [4.69, 9.17) is 54.5 Å². The van der Waals surface area contributed by atoms with E-state index >= 15 is 0 Å². The van der Waals surface area contributed by atoms with E-state index in [9.17, 15) is 4.79 Å². The third kappa shape index (κ3) is 5.43. The van der Waals surface area contributed by atoms with E-state index in [-0.39, 0.29) is 11.7 Å². The highest BCUT2D eigenvalue weighted by atomic mass is 35.6. The zero-order valence-electron chi connectivity index (χ0n) is 14.6. The Morgan fingerprint density at radius 1 is 1.33 bits per heavy atom. The van der Waals surface area contributed by atoms with Crippen molar-refractivity contribution in [2.75, 3.05) is 0 Å². The van der Waals surface area contributed by atoms with Crippen molar-refractivity contribution in [1.29, 1.82) is 0 Å². The maximum Gasteiger partial charge on any atom is 0.338 e. The lowest BCUT2D eigenvalue weighted by atomic mass is 9.96.